The Bertz CT molecular complexity index is 596. The third kappa shape index (κ3) is 5.06. The highest BCUT2D eigenvalue weighted by molar-refractivity contribution is 7.99. The predicted molar refractivity (Wildman–Crippen MR) is 87.4 cm³/mol. The van der Waals surface area contributed by atoms with Gasteiger partial charge in [-0.15, -0.1) is 11.8 Å². The number of rotatable bonds is 8. The van der Waals surface area contributed by atoms with Gasteiger partial charge in [0, 0.05) is 24.7 Å². The van der Waals surface area contributed by atoms with Gasteiger partial charge in [0.1, 0.15) is 5.65 Å². The van der Waals surface area contributed by atoms with Gasteiger partial charge < -0.3 is 15.5 Å². The summed E-state index contributed by atoms with van der Waals surface area (Å²) in [6.07, 6.45) is 5.97. The topological polar surface area (TPSA) is 72.4 Å². The second kappa shape index (κ2) is 8.05. The van der Waals surface area contributed by atoms with Crippen LogP contribution in [0.1, 0.15) is 24.1 Å². The minimum Gasteiger partial charge on any atom is -0.355 e. The maximum Gasteiger partial charge on any atom is 0.230 e. The summed E-state index contributed by atoms with van der Waals surface area (Å²) in [5.41, 5.74) is 8.56. The summed E-state index contributed by atoms with van der Waals surface area (Å²) in [6.45, 7) is 3.45. The molecule has 2 aromatic rings. The number of aryl methyl sites for hydroxylation is 1. The van der Waals surface area contributed by atoms with Gasteiger partial charge in [-0.3, -0.25) is 4.79 Å². The number of hydrogen-bond acceptors (Lipinski definition) is 4. The number of aromatic nitrogens is 2. The normalized spacial score (nSPS) is 11.0. The molecule has 2 aromatic heterocycles. The lowest BCUT2D eigenvalue weighted by atomic mass is 10.3. The maximum atomic E-state index is 11.6. The standard InChI is InChI=1S/C15H22N4OS/c1-12-4-5-14-18-13(9-19(14)8-12)10-21-11-15(20)17-7-3-2-6-16/h4-5,8-9H,2-3,6-7,10-11,16H2,1H3,(H,17,20). The number of nitrogens with one attached hydrogen (secondary N) is 1. The molecule has 0 fully saturated rings. The number of carbonyl (C=O) groups is 1. The van der Waals surface area contributed by atoms with Gasteiger partial charge in [0.25, 0.3) is 0 Å². The van der Waals surface area contributed by atoms with Crippen molar-refractivity contribution in [3.05, 3.63) is 35.8 Å². The van der Waals surface area contributed by atoms with Crippen LogP contribution in [0.3, 0.4) is 0 Å². The minimum absolute atomic E-state index is 0.0802. The van der Waals surface area contributed by atoms with E-state index in [2.05, 4.69) is 23.4 Å². The fraction of sp³-hybridized carbons (Fsp3) is 0.467. The number of pyridine rings is 1. The lowest BCUT2D eigenvalue weighted by molar-refractivity contribution is -0.118. The monoisotopic (exact) mass is 306 g/mol. The Morgan fingerprint density at radius 1 is 1.38 bits per heavy atom. The van der Waals surface area contributed by atoms with E-state index in [0.29, 0.717) is 18.8 Å². The molecule has 0 saturated carbocycles. The summed E-state index contributed by atoms with van der Waals surface area (Å²) in [4.78, 5) is 16.2. The van der Waals surface area contributed by atoms with Gasteiger partial charge in [-0.05, 0) is 37.9 Å². The molecule has 5 nitrogen and oxygen atoms in total. The second-order valence-corrected chi connectivity index (χ2v) is 6.03. The third-order valence-electron chi connectivity index (χ3n) is 3.08. The highest BCUT2D eigenvalue weighted by Gasteiger charge is 2.04. The van der Waals surface area contributed by atoms with Crippen molar-refractivity contribution >= 4 is 23.3 Å². The van der Waals surface area contributed by atoms with Crippen LogP contribution in [0.25, 0.3) is 5.65 Å². The summed E-state index contributed by atoms with van der Waals surface area (Å²) in [6, 6.07) is 4.06. The molecule has 0 radical (unpaired) electrons. The average Bonchev–Trinajstić information content (AvgIpc) is 2.85. The number of hydrogen-bond donors (Lipinski definition) is 2. The maximum absolute atomic E-state index is 11.6. The van der Waals surface area contributed by atoms with Crippen LogP contribution in [0.15, 0.2) is 24.5 Å². The van der Waals surface area contributed by atoms with E-state index in [1.165, 1.54) is 5.56 Å². The van der Waals surface area contributed by atoms with Crippen LogP contribution < -0.4 is 11.1 Å². The molecular formula is C15H22N4OS. The summed E-state index contributed by atoms with van der Waals surface area (Å²) < 4.78 is 2.03. The van der Waals surface area contributed by atoms with Gasteiger partial charge >= 0.3 is 0 Å². The minimum atomic E-state index is 0.0802. The molecule has 3 N–H and O–H groups in total. The van der Waals surface area contributed by atoms with Crippen molar-refractivity contribution in [2.75, 3.05) is 18.8 Å². The molecule has 21 heavy (non-hydrogen) atoms. The highest BCUT2D eigenvalue weighted by atomic mass is 32.2. The highest BCUT2D eigenvalue weighted by Crippen LogP contribution is 2.13. The fourth-order valence-corrected chi connectivity index (χ4v) is 2.76. The van der Waals surface area contributed by atoms with Crippen LogP contribution in [0.2, 0.25) is 0 Å². The largest absolute Gasteiger partial charge is 0.355 e. The molecule has 0 aliphatic heterocycles. The number of imidazole rings is 1. The zero-order chi connectivity index (χ0) is 15.1. The molecule has 1 amide bonds. The van der Waals surface area contributed by atoms with E-state index in [1.807, 2.05) is 22.7 Å². The van der Waals surface area contributed by atoms with Crippen LogP contribution in [-0.2, 0) is 10.5 Å². The van der Waals surface area contributed by atoms with E-state index in [0.717, 1.165) is 29.9 Å². The smallest absolute Gasteiger partial charge is 0.230 e. The molecule has 0 aliphatic carbocycles. The summed E-state index contributed by atoms with van der Waals surface area (Å²) in [5.74, 6) is 1.29. The van der Waals surface area contributed by atoms with Gasteiger partial charge in [-0.2, -0.15) is 0 Å². The van der Waals surface area contributed by atoms with Crippen molar-refractivity contribution in [3.63, 3.8) is 0 Å². The number of amides is 1. The van der Waals surface area contributed by atoms with Crippen LogP contribution >= 0.6 is 11.8 Å². The first-order valence-electron chi connectivity index (χ1n) is 7.18. The van der Waals surface area contributed by atoms with Gasteiger partial charge in [-0.1, -0.05) is 6.07 Å². The Balaban J connectivity index is 1.73. The lowest BCUT2D eigenvalue weighted by Crippen LogP contribution is -2.26. The first-order valence-corrected chi connectivity index (χ1v) is 8.33. The number of thioether (sulfide) groups is 1. The van der Waals surface area contributed by atoms with Crippen LogP contribution in [0.5, 0.6) is 0 Å². The molecule has 0 spiro atoms. The Hall–Kier alpha value is -1.53. The zero-order valence-electron chi connectivity index (χ0n) is 12.3. The van der Waals surface area contributed by atoms with E-state index < -0.39 is 0 Å². The van der Waals surface area contributed by atoms with Gasteiger partial charge in [0.15, 0.2) is 0 Å². The number of carbonyl (C=O) groups excluding carboxylic acids is 1. The Kier molecular flexibility index (Phi) is 6.07. The third-order valence-corrected chi connectivity index (χ3v) is 4.05. The summed E-state index contributed by atoms with van der Waals surface area (Å²) in [7, 11) is 0. The molecule has 2 heterocycles. The Morgan fingerprint density at radius 2 is 2.24 bits per heavy atom. The SMILES string of the molecule is Cc1ccc2nc(CSCC(=O)NCCCCN)cn2c1. The number of unbranched alkanes of at least 4 members (excludes halogenated alkanes) is 1. The van der Waals surface area contributed by atoms with Gasteiger partial charge in [-0.25, -0.2) is 4.98 Å². The predicted octanol–water partition coefficient (Wildman–Crippen LogP) is 1.73. The van der Waals surface area contributed by atoms with Gasteiger partial charge in [0.05, 0.1) is 11.4 Å². The van der Waals surface area contributed by atoms with Crippen molar-refractivity contribution < 1.29 is 4.79 Å². The molecule has 0 unspecified atom stereocenters. The number of nitrogens with zero attached hydrogens (tertiary/aromatic N) is 2. The quantitative estimate of drug-likeness (QED) is 0.729. The van der Waals surface area contributed by atoms with Crippen LogP contribution in [0.4, 0.5) is 0 Å². The van der Waals surface area contributed by atoms with E-state index in [4.69, 9.17) is 5.73 Å². The van der Waals surface area contributed by atoms with Gasteiger partial charge in [0.2, 0.25) is 5.91 Å². The molecule has 0 bridgehead atoms. The summed E-state index contributed by atoms with van der Waals surface area (Å²) >= 11 is 1.59. The van der Waals surface area contributed by atoms with Crippen molar-refractivity contribution in [1.29, 1.82) is 0 Å². The van der Waals surface area contributed by atoms with Crippen molar-refractivity contribution in [2.45, 2.75) is 25.5 Å². The molecule has 0 saturated heterocycles. The van der Waals surface area contributed by atoms with Crippen molar-refractivity contribution in [2.24, 2.45) is 5.73 Å². The van der Waals surface area contributed by atoms with Crippen molar-refractivity contribution in [3.8, 4) is 0 Å². The molecule has 0 aromatic carbocycles. The Morgan fingerprint density at radius 3 is 3.05 bits per heavy atom. The summed E-state index contributed by atoms with van der Waals surface area (Å²) in [5, 5.41) is 2.90. The van der Waals surface area contributed by atoms with E-state index >= 15 is 0 Å². The van der Waals surface area contributed by atoms with Crippen LogP contribution in [-0.4, -0.2) is 34.1 Å². The van der Waals surface area contributed by atoms with E-state index in [-0.39, 0.29) is 5.91 Å². The molecule has 2 rings (SSSR count). The lowest BCUT2D eigenvalue weighted by Gasteiger charge is -2.03. The molecule has 114 valence electrons. The molecular weight excluding hydrogens is 284 g/mol. The number of fused-ring (bicyclic) bond motifs is 1. The Labute approximate surface area is 129 Å². The van der Waals surface area contributed by atoms with Crippen molar-refractivity contribution in [1.82, 2.24) is 14.7 Å². The first-order chi connectivity index (χ1) is 10.2. The first kappa shape index (κ1) is 15.9. The van der Waals surface area contributed by atoms with Crippen LogP contribution in [0, 0.1) is 6.92 Å². The zero-order valence-corrected chi connectivity index (χ0v) is 13.2. The van der Waals surface area contributed by atoms with E-state index in [9.17, 15) is 4.79 Å². The number of nitrogens with two attached hydrogens (primary N) is 1. The fourth-order valence-electron chi connectivity index (χ4n) is 2.02. The molecule has 6 heteroatoms. The second-order valence-electron chi connectivity index (χ2n) is 5.04. The molecule has 0 aliphatic rings. The average molecular weight is 306 g/mol. The van der Waals surface area contributed by atoms with E-state index in [1.54, 1.807) is 11.8 Å². The molecule has 0 atom stereocenters.